The molecule has 30 heavy (non-hydrogen) atoms. The molecule has 0 bridgehead atoms. The summed E-state index contributed by atoms with van der Waals surface area (Å²) in [6, 6.07) is 17.4. The van der Waals surface area contributed by atoms with Crippen molar-refractivity contribution in [1.82, 2.24) is 9.78 Å². The monoisotopic (exact) mass is 402 g/mol. The van der Waals surface area contributed by atoms with Gasteiger partial charge in [0.15, 0.2) is 0 Å². The molecule has 0 saturated heterocycles. The summed E-state index contributed by atoms with van der Waals surface area (Å²) in [5, 5.41) is 6.87. The third-order valence-electron chi connectivity index (χ3n) is 5.06. The Morgan fingerprint density at radius 3 is 2.57 bits per heavy atom. The summed E-state index contributed by atoms with van der Waals surface area (Å²) >= 11 is 0. The molecule has 1 aliphatic rings. The SMILES string of the molecule is CCCn1nc(C(=O)Nc2ccc(C(=O)N3CCc4ccccc43)cc2)ccc1=O. The Kier molecular flexibility index (Phi) is 5.43. The molecule has 4 rings (SSSR count). The van der Waals surface area contributed by atoms with Crippen molar-refractivity contribution < 1.29 is 9.59 Å². The lowest BCUT2D eigenvalue weighted by Crippen LogP contribution is -2.28. The minimum Gasteiger partial charge on any atom is -0.321 e. The zero-order chi connectivity index (χ0) is 21.1. The quantitative estimate of drug-likeness (QED) is 0.711. The number of para-hydroxylation sites is 1. The number of amides is 2. The first-order valence-electron chi connectivity index (χ1n) is 9.96. The van der Waals surface area contributed by atoms with Gasteiger partial charge in [0.1, 0.15) is 5.69 Å². The Morgan fingerprint density at radius 1 is 1.03 bits per heavy atom. The Hall–Kier alpha value is -3.74. The van der Waals surface area contributed by atoms with Crippen molar-refractivity contribution in [3.05, 3.63) is 87.8 Å². The predicted octanol–water partition coefficient (Wildman–Crippen LogP) is 3.11. The molecule has 2 heterocycles. The van der Waals surface area contributed by atoms with Crippen LogP contribution >= 0.6 is 0 Å². The number of hydrogen-bond donors (Lipinski definition) is 1. The van der Waals surface area contributed by atoms with E-state index in [0.29, 0.717) is 24.3 Å². The third kappa shape index (κ3) is 3.87. The van der Waals surface area contributed by atoms with Gasteiger partial charge in [-0.05, 0) is 54.8 Å². The van der Waals surface area contributed by atoms with Crippen molar-refractivity contribution >= 4 is 23.2 Å². The molecule has 1 aliphatic heterocycles. The number of hydrogen-bond acceptors (Lipinski definition) is 4. The molecule has 0 fully saturated rings. The molecule has 0 atom stereocenters. The Labute approximate surface area is 174 Å². The fourth-order valence-electron chi connectivity index (χ4n) is 3.54. The number of benzene rings is 2. The van der Waals surface area contributed by atoms with E-state index >= 15 is 0 Å². The number of fused-ring (bicyclic) bond motifs is 1. The van der Waals surface area contributed by atoms with Crippen LogP contribution in [0.5, 0.6) is 0 Å². The van der Waals surface area contributed by atoms with Gasteiger partial charge in [-0.15, -0.1) is 0 Å². The van der Waals surface area contributed by atoms with Crippen LogP contribution < -0.4 is 15.8 Å². The van der Waals surface area contributed by atoms with Gasteiger partial charge in [-0.3, -0.25) is 14.4 Å². The smallest absolute Gasteiger partial charge is 0.276 e. The molecule has 0 aliphatic carbocycles. The summed E-state index contributed by atoms with van der Waals surface area (Å²) in [7, 11) is 0. The van der Waals surface area contributed by atoms with Crippen LogP contribution in [0, 0.1) is 0 Å². The summed E-state index contributed by atoms with van der Waals surface area (Å²) in [5.41, 5.74) is 3.16. The average Bonchev–Trinajstić information content (AvgIpc) is 3.19. The van der Waals surface area contributed by atoms with Gasteiger partial charge in [0.2, 0.25) is 0 Å². The lowest BCUT2D eigenvalue weighted by molar-refractivity contribution is 0.0987. The Morgan fingerprint density at radius 2 is 1.80 bits per heavy atom. The first-order valence-corrected chi connectivity index (χ1v) is 9.96. The van der Waals surface area contributed by atoms with Gasteiger partial charge in [-0.2, -0.15) is 5.10 Å². The molecular weight excluding hydrogens is 380 g/mol. The van der Waals surface area contributed by atoms with E-state index in [1.54, 1.807) is 29.2 Å². The van der Waals surface area contributed by atoms with Gasteiger partial charge in [0.05, 0.1) is 0 Å². The second kappa shape index (κ2) is 8.32. The summed E-state index contributed by atoms with van der Waals surface area (Å²) in [6.45, 7) is 3.05. The van der Waals surface area contributed by atoms with E-state index < -0.39 is 5.91 Å². The number of rotatable bonds is 5. The van der Waals surface area contributed by atoms with E-state index in [0.717, 1.165) is 18.5 Å². The van der Waals surface area contributed by atoms with Crippen molar-refractivity contribution in [3.63, 3.8) is 0 Å². The minimum atomic E-state index is -0.410. The van der Waals surface area contributed by atoms with Gasteiger partial charge >= 0.3 is 0 Å². The molecule has 2 amide bonds. The fourth-order valence-corrected chi connectivity index (χ4v) is 3.54. The molecule has 0 saturated carbocycles. The number of anilines is 2. The van der Waals surface area contributed by atoms with Crippen molar-refractivity contribution in [2.75, 3.05) is 16.8 Å². The highest BCUT2D eigenvalue weighted by Crippen LogP contribution is 2.29. The Bertz CT molecular complexity index is 1150. The second-order valence-corrected chi connectivity index (χ2v) is 7.15. The Balaban J connectivity index is 1.47. The zero-order valence-electron chi connectivity index (χ0n) is 16.7. The summed E-state index contributed by atoms with van der Waals surface area (Å²) in [4.78, 5) is 38.9. The van der Waals surface area contributed by atoms with Gasteiger partial charge in [-0.1, -0.05) is 25.1 Å². The largest absolute Gasteiger partial charge is 0.321 e. The molecule has 0 spiro atoms. The molecule has 0 unspecified atom stereocenters. The van der Waals surface area contributed by atoms with Gasteiger partial charge < -0.3 is 10.2 Å². The van der Waals surface area contributed by atoms with E-state index in [4.69, 9.17) is 0 Å². The minimum absolute atomic E-state index is 0.0638. The van der Waals surface area contributed by atoms with Gasteiger partial charge in [-0.25, -0.2) is 4.68 Å². The van der Waals surface area contributed by atoms with Gasteiger partial charge in [0, 0.05) is 36.1 Å². The molecule has 1 aromatic heterocycles. The molecule has 7 heteroatoms. The van der Waals surface area contributed by atoms with Crippen LogP contribution in [0.4, 0.5) is 11.4 Å². The number of carbonyl (C=O) groups excluding carboxylic acids is 2. The number of aromatic nitrogens is 2. The third-order valence-corrected chi connectivity index (χ3v) is 5.06. The van der Waals surface area contributed by atoms with Crippen molar-refractivity contribution in [3.8, 4) is 0 Å². The van der Waals surface area contributed by atoms with Crippen LogP contribution in [0.3, 0.4) is 0 Å². The first-order chi connectivity index (χ1) is 14.6. The highest BCUT2D eigenvalue weighted by Gasteiger charge is 2.25. The van der Waals surface area contributed by atoms with Crippen molar-refractivity contribution in [2.45, 2.75) is 26.3 Å². The average molecular weight is 402 g/mol. The van der Waals surface area contributed by atoms with Crippen LogP contribution in [0.15, 0.2) is 65.5 Å². The van der Waals surface area contributed by atoms with Crippen molar-refractivity contribution in [1.29, 1.82) is 0 Å². The molecule has 152 valence electrons. The molecule has 2 aromatic carbocycles. The van der Waals surface area contributed by atoms with E-state index in [1.165, 1.54) is 22.4 Å². The van der Waals surface area contributed by atoms with Crippen LogP contribution in [-0.4, -0.2) is 28.1 Å². The lowest BCUT2D eigenvalue weighted by atomic mass is 10.1. The van der Waals surface area contributed by atoms with E-state index in [1.807, 2.05) is 31.2 Å². The van der Waals surface area contributed by atoms with Crippen LogP contribution in [-0.2, 0) is 13.0 Å². The lowest BCUT2D eigenvalue weighted by Gasteiger charge is -2.17. The highest BCUT2D eigenvalue weighted by molar-refractivity contribution is 6.08. The zero-order valence-corrected chi connectivity index (χ0v) is 16.7. The maximum atomic E-state index is 12.9. The number of carbonyl (C=O) groups is 2. The number of aryl methyl sites for hydroxylation is 1. The number of nitrogens with one attached hydrogen (secondary N) is 1. The maximum Gasteiger partial charge on any atom is 0.276 e. The molecule has 3 aromatic rings. The van der Waals surface area contributed by atoms with Crippen molar-refractivity contribution in [2.24, 2.45) is 0 Å². The maximum absolute atomic E-state index is 12.9. The summed E-state index contributed by atoms with van der Waals surface area (Å²) in [5.74, 6) is -0.474. The van der Waals surface area contributed by atoms with E-state index in [-0.39, 0.29) is 17.2 Å². The van der Waals surface area contributed by atoms with Crippen LogP contribution in [0.2, 0.25) is 0 Å². The fraction of sp³-hybridized carbons (Fsp3) is 0.217. The first kappa shape index (κ1) is 19.6. The topological polar surface area (TPSA) is 84.3 Å². The van der Waals surface area contributed by atoms with E-state index in [9.17, 15) is 14.4 Å². The molecule has 0 radical (unpaired) electrons. The second-order valence-electron chi connectivity index (χ2n) is 7.15. The summed E-state index contributed by atoms with van der Waals surface area (Å²) < 4.78 is 1.28. The normalized spacial score (nSPS) is 12.5. The predicted molar refractivity (Wildman–Crippen MR) is 115 cm³/mol. The highest BCUT2D eigenvalue weighted by atomic mass is 16.2. The standard InChI is InChI=1S/C23H22N4O3/c1-2-14-27-21(28)12-11-19(25-27)22(29)24-18-9-7-17(8-10-18)23(30)26-15-13-16-5-3-4-6-20(16)26/h3-12H,2,13-15H2,1H3,(H,24,29). The van der Waals surface area contributed by atoms with Crippen LogP contribution in [0.1, 0.15) is 39.8 Å². The molecule has 1 N–H and O–H groups in total. The molecule has 7 nitrogen and oxygen atoms in total. The molecular formula is C23H22N4O3. The van der Waals surface area contributed by atoms with Crippen LogP contribution in [0.25, 0.3) is 0 Å². The van der Waals surface area contributed by atoms with Gasteiger partial charge in [0.25, 0.3) is 17.4 Å². The summed E-state index contributed by atoms with van der Waals surface area (Å²) in [6.07, 6.45) is 1.60. The van der Waals surface area contributed by atoms with E-state index in [2.05, 4.69) is 10.4 Å². The number of nitrogens with zero attached hydrogens (tertiary/aromatic N) is 3.